The summed E-state index contributed by atoms with van der Waals surface area (Å²) >= 11 is 0.193. The summed E-state index contributed by atoms with van der Waals surface area (Å²) in [6, 6.07) is 9.84. The molecule has 1 aliphatic rings. The average Bonchev–Trinajstić information content (AvgIpc) is 2.37. The van der Waals surface area contributed by atoms with Crippen LogP contribution in [0.1, 0.15) is 13.8 Å². The van der Waals surface area contributed by atoms with Gasteiger partial charge < -0.3 is 0 Å². The first-order chi connectivity index (χ1) is 8.59. The molecule has 2 unspecified atom stereocenters. The van der Waals surface area contributed by atoms with E-state index in [9.17, 15) is 10.0 Å². The van der Waals surface area contributed by atoms with Gasteiger partial charge in [-0.2, -0.15) is 0 Å². The molecule has 0 saturated carbocycles. The molecule has 0 bridgehead atoms. The van der Waals surface area contributed by atoms with Gasteiger partial charge in [-0.3, -0.25) is 0 Å². The van der Waals surface area contributed by atoms with Crippen LogP contribution in [0.25, 0.3) is 0 Å². The van der Waals surface area contributed by atoms with Gasteiger partial charge in [0, 0.05) is 0 Å². The summed E-state index contributed by atoms with van der Waals surface area (Å²) in [4.78, 5) is 11.4. The molecule has 18 heavy (non-hydrogen) atoms. The van der Waals surface area contributed by atoms with Gasteiger partial charge in [0.1, 0.15) is 0 Å². The Balaban J connectivity index is 2.10. The summed E-state index contributed by atoms with van der Waals surface area (Å²) in [5.74, 6) is -0.499. The van der Waals surface area contributed by atoms with Crippen LogP contribution in [0.15, 0.2) is 30.3 Å². The van der Waals surface area contributed by atoms with Crippen molar-refractivity contribution in [1.29, 1.82) is 0 Å². The van der Waals surface area contributed by atoms with E-state index >= 15 is 0 Å². The quantitative estimate of drug-likeness (QED) is 0.358. The van der Waals surface area contributed by atoms with Crippen LogP contribution in [0.5, 0.6) is 0 Å². The van der Waals surface area contributed by atoms with E-state index in [0.717, 1.165) is 4.74 Å². The Morgan fingerprint density at radius 2 is 2.11 bits per heavy atom. The van der Waals surface area contributed by atoms with Gasteiger partial charge in [0.2, 0.25) is 0 Å². The number of nitrogens with zero attached hydrogens (tertiary/aromatic N) is 1. The Hall–Kier alpha value is -1.32. The van der Waals surface area contributed by atoms with Crippen LogP contribution in [-0.4, -0.2) is 44.0 Å². The molecule has 1 aromatic rings. The molecule has 0 spiro atoms. The third-order valence-corrected chi connectivity index (χ3v) is 5.50. The molecule has 5 heteroatoms. The molecule has 1 heterocycles. The number of benzene rings is 1. The average molecular weight is 312 g/mol. The number of ether oxygens (including phenoxy) is 1. The van der Waals surface area contributed by atoms with Crippen LogP contribution in [0.3, 0.4) is 0 Å². The third-order valence-electron chi connectivity index (χ3n) is 2.92. The van der Waals surface area contributed by atoms with E-state index in [1.165, 1.54) is 11.4 Å². The van der Waals surface area contributed by atoms with Crippen LogP contribution in [-0.2, 0) is 9.53 Å². The molecule has 96 valence electrons. The Labute approximate surface area is 112 Å². The van der Waals surface area contributed by atoms with Gasteiger partial charge >= 0.3 is 112 Å². The number of rotatable bonds is 3. The molecule has 0 aromatic heterocycles. The molecule has 0 saturated heterocycles. The predicted molar refractivity (Wildman–Crippen MR) is 70.3 cm³/mol. The summed E-state index contributed by atoms with van der Waals surface area (Å²) in [7, 11) is 0. The zero-order valence-corrected chi connectivity index (χ0v) is 12.0. The molecule has 0 radical (unpaired) electrons. The first kappa shape index (κ1) is 13.1. The summed E-state index contributed by atoms with van der Waals surface area (Å²) in [5, 5.41) is 12.0. The van der Waals surface area contributed by atoms with Crippen molar-refractivity contribution in [3.8, 4) is 0 Å². The number of esters is 1. The summed E-state index contributed by atoms with van der Waals surface area (Å²) < 4.78 is 7.10. The van der Waals surface area contributed by atoms with Crippen molar-refractivity contribution in [2.45, 2.75) is 24.7 Å². The van der Waals surface area contributed by atoms with Crippen LogP contribution < -0.4 is 4.46 Å². The fraction of sp³-hybridized carbons (Fsp3) is 0.385. The Kier molecular flexibility index (Phi) is 4.04. The fourth-order valence-corrected chi connectivity index (χ4v) is 4.08. The van der Waals surface area contributed by atoms with E-state index in [0.29, 0.717) is 0 Å². The number of hydrogen-bond acceptors (Lipinski definition) is 3. The van der Waals surface area contributed by atoms with Crippen molar-refractivity contribution in [1.82, 2.24) is 0 Å². The number of hydrogen-bond donors (Lipinski definition) is 0. The zero-order chi connectivity index (χ0) is 13.1. The van der Waals surface area contributed by atoms with Crippen LogP contribution in [0, 0.1) is 5.21 Å². The second-order valence-electron chi connectivity index (χ2n) is 4.21. The number of hydroxylamine groups is 1. The van der Waals surface area contributed by atoms with E-state index in [-0.39, 0.29) is 38.1 Å². The zero-order valence-electron chi connectivity index (χ0n) is 10.3. The summed E-state index contributed by atoms with van der Waals surface area (Å²) in [6.45, 7) is 3.74. The van der Waals surface area contributed by atoms with E-state index in [2.05, 4.69) is 12.1 Å². The molecule has 2 rings (SSSR count). The molecule has 0 N–H and O–H groups in total. The standard InChI is InChI=1S/C13H15NO3Se/c1-9-13(15)17-8-12(14(9)16)10(2)18-11-6-4-3-5-7-11/h3-7,10,12H,8H2,1-2H3. The van der Waals surface area contributed by atoms with Gasteiger partial charge in [0.25, 0.3) is 0 Å². The first-order valence-electron chi connectivity index (χ1n) is 5.78. The van der Waals surface area contributed by atoms with E-state index in [4.69, 9.17) is 4.74 Å². The van der Waals surface area contributed by atoms with Gasteiger partial charge in [0.15, 0.2) is 0 Å². The van der Waals surface area contributed by atoms with Crippen molar-refractivity contribution in [2.75, 3.05) is 6.61 Å². The van der Waals surface area contributed by atoms with E-state index in [1.807, 2.05) is 25.1 Å². The number of cyclic esters (lactones) is 1. The Morgan fingerprint density at radius 1 is 1.44 bits per heavy atom. The Bertz CT molecular complexity index is 472. The molecular formula is C13H15NO3Se. The monoisotopic (exact) mass is 313 g/mol. The molecule has 0 fully saturated rings. The predicted octanol–water partition coefficient (Wildman–Crippen LogP) is 0.721. The van der Waals surface area contributed by atoms with Gasteiger partial charge in [-0.15, -0.1) is 0 Å². The minimum atomic E-state index is -0.499. The van der Waals surface area contributed by atoms with Gasteiger partial charge in [0.05, 0.1) is 0 Å². The number of carbonyl (C=O) groups is 1. The van der Waals surface area contributed by atoms with Crippen LogP contribution in [0.2, 0.25) is 4.82 Å². The second kappa shape index (κ2) is 5.55. The maximum absolute atomic E-state index is 12.0. The third kappa shape index (κ3) is 2.74. The topological polar surface area (TPSA) is 52.4 Å². The fourth-order valence-electron chi connectivity index (χ4n) is 1.79. The van der Waals surface area contributed by atoms with Crippen molar-refractivity contribution < 1.29 is 14.3 Å². The molecule has 2 atom stereocenters. The van der Waals surface area contributed by atoms with Crippen LogP contribution >= 0.6 is 0 Å². The molecule has 1 aliphatic heterocycles. The van der Waals surface area contributed by atoms with Gasteiger partial charge in [-0.05, 0) is 0 Å². The molecule has 0 aliphatic carbocycles. The normalized spacial score (nSPS) is 21.7. The van der Waals surface area contributed by atoms with Crippen molar-refractivity contribution >= 4 is 31.1 Å². The SMILES string of the molecule is CC1=[N+]([O-])C(C(C)[Se]c2ccccc2)COC1=O. The summed E-state index contributed by atoms with van der Waals surface area (Å²) in [6.07, 6.45) is 0. The van der Waals surface area contributed by atoms with Gasteiger partial charge in [-0.1, -0.05) is 0 Å². The molecule has 0 amide bonds. The maximum atomic E-state index is 12.0. The van der Waals surface area contributed by atoms with Gasteiger partial charge in [-0.25, -0.2) is 0 Å². The molecular weight excluding hydrogens is 297 g/mol. The molecule has 1 aromatic carbocycles. The minimum absolute atomic E-state index is 0.155. The van der Waals surface area contributed by atoms with E-state index in [1.54, 1.807) is 0 Å². The van der Waals surface area contributed by atoms with Crippen molar-refractivity contribution in [2.24, 2.45) is 0 Å². The second-order valence-corrected chi connectivity index (χ2v) is 7.26. The van der Waals surface area contributed by atoms with Crippen molar-refractivity contribution in [3.05, 3.63) is 35.5 Å². The molecule has 4 nitrogen and oxygen atoms in total. The van der Waals surface area contributed by atoms with Crippen LogP contribution in [0.4, 0.5) is 0 Å². The Morgan fingerprint density at radius 3 is 2.78 bits per heavy atom. The van der Waals surface area contributed by atoms with Crippen molar-refractivity contribution in [3.63, 3.8) is 0 Å². The summed E-state index contributed by atoms with van der Waals surface area (Å²) in [5.41, 5.74) is 0.155. The first-order valence-corrected chi connectivity index (χ1v) is 7.63. The van der Waals surface area contributed by atoms with E-state index < -0.39 is 5.97 Å². The number of carbonyl (C=O) groups excluding carboxylic acids is 1.